The van der Waals surface area contributed by atoms with E-state index in [4.69, 9.17) is 4.74 Å². The SMILES string of the molecule is CCC1COCCN1CC1CSCN1. The van der Waals surface area contributed by atoms with Gasteiger partial charge in [-0.15, -0.1) is 11.8 Å². The molecule has 0 aromatic rings. The van der Waals surface area contributed by atoms with Crippen molar-refractivity contribution in [1.29, 1.82) is 0 Å². The molecule has 2 aliphatic rings. The average Bonchev–Trinajstić information content (AvgIpc) is 2.71. The summed E-state index contributed by atoms with van der Waals surface area (Å²) < 4.78 is 5.50. The lowest BCUT2D eigenvalue weighted by molar-refractivity contribution is -0.0111. The highest BCUT2D eigenvalue weighted by atomic mass is 32.2. The van der Waals surface area contributed by atoms with Crippen LogP contribution in [0.15, 0.2) is 0 Å². The fourth-order valence-electron chi connectivity index (χ4n) is 2.14. The smallest absolute Gasteiger partial charge is 0.0622 e. The highest BCUT2D eigenvalue weighted by Gasteiger charge is 2.25. The molecular weight excluding hydrogens is 196 g/mol. The maximum Gasteiger partial charge on any atom is 0.0622 e. The number of rotatable bonds is 3. The van der Waals surface area contributed by atoms with Gasteiger partial charge in [-0.05, 0) is 6.42 Å². The predicted octanol–water partition coefficient (Wildman–Crippen LogP) is 0.760. The molecule has 0 radical (unpaired) electrons. The number of thioether (sulfide) groups is 1. The molecular formula is C10H20N2OS. The van der Waals surface area contributed by atoms with Gasteiger partial charge in [-0.3, -0.25) is 4.90 Å². The first-order chi connectivity index (χ1) is 6.90. The number of morpholine rings is 1. The van der Waals surface area contributed by atoms with Gasteiger partial charge in [-0.25, -0.2) is 0 Å². The van der Waals surface area contributed by atoms with Crippen molar-refractivity contribution >= 4 is 11.8 Å². The largest absolute Gasteiger partial charge is 0.378 e. The molecule has 2 fully saturated rings. The Labute approximate surface area is 90.6 Å². The van der Waals surface area contributed by atoms with Crippen molar-refractivity contribution in [2.75, 3.05) is 37.9 Å². The Morgan fingerprint density at radius 2 is 2.50 bits per heavy atom. The van der Waals surface area contributed by atoms with Gasteiger partial charge in [0, 0.05) is 36.8 Å². The van der Waals surface area contributed by atoms with Crippen LogP contribution in [0, 0.1) is 0 Å². The summed E-state index contributed by atoms with van der Waals surface area (Å²) in [4.78, 5) is 2.59. The number of ether oxygens (including phenoxy) is 1. The van der Waals surface area contributed by atoms with E-state index in [1.807, 2.05) is 11.8 Å². The molecule has 0 aliphatic carbocycles. The van der Waals surface area contributed by atoms with E-state index in [-0.39, 0.29) is 0 Å². The van der Waals surface area contributed by atoms with Crippen LogP contribution >= 0.6 is 11.8 Å². The molecule has 0 saturated carbocycles. The Balaban J connectivity index is 1.81. The van der Waals surface area contributed by atoms with Crippen molar-refractivity contribution in [3.8, 4) is 0 Å². The van der Waals surface area contributed by atoms with E-state index in [0.717, 1.165) is 25.6 Å². The van der Waals surface area contributed by atoms with Gasteiger partial charge in [0.2, 0.25) is 0 Å². The van der Waals surface area contributed by atoms with Crippen LogP contribution in [0.5, 0.6) is 0 Å². The fraction of sp³-hybridized carbons (Fsp3) is 1.00. The average molecular weight is 216 g/mol. The zero-order valence-corrected chi connectivity index (χ0v) is 9.68. The molecule has 0 spiro atoms. The number of hydrogen-bond acceptors (Lipinski definition) is 4. The van der Waals surface area contributed by atoms with Crippen LogP contribution in [-0.2, 0) is 4.74 Å². The molecule has 0 aromatic heterocycles. The van der Waals surface area contributed by atoms with Gasteiger partial charge in [-0.1, -0.05) is 6.92 Å². The Morgan fingerprint density at radius 3 is 3.21 bits per heavy atom. The van der Waals surface area contributed by atoms with E-state index in [9.17, 15) is 0 Å². The first-order valence-corrected chi connectivity index (χ1v) is 6.68. The Morgan fingerprint density at radius 1 is 1.57 bits per heavy atom. The van der Waals surface area contributed by atoms with Crippen molar-refractivity contribution in [2.24, 2.45) is 0 Å². The highest BCUT2D eigenvalue weighted by molar-refractivity contribution is 7.99. The van der Waals surface area contributed by atoms with Gasteiger partial charge >= 0.3 is 0 Å². The summed E-state index contributed by atoms with van der Waals surface area (Å²) in [5.41, 5.74) is 0. The fourth-order valence-corrected chi connectivity index (χ4v) is 3.12. The van der Waals surface area contributed by atoms with Gasteiger partial charge in [-0.2, -0.15) is 0 Å². The van der Waals surface area contributed by atoms with Gasteiger partial charge in [0.25, 0.3) is 0 Å². The molecule has 4 heteroatoms. The van der Waals surface area contributed by atoms with Crippen LogP contribution in [0.1, 0.15) is 13.3 Å². The van der Waals surface area contributed by atoms with E-state index >= 15 is 0 Å². The minimum Gasteiger partial charge on any atom is -0.378 e. The summed E-state index contributed by atoms with van der Waals surface area (Å²) in [6.45, 7) is 6.41. The summed E-state index contributed by atoms with van der Waals surface area (Å²) in [7, 11) is 0. The van der Waals surface area contributed by atoms with Crippen LogP contribution in [0.25, 0.3) is 0 Å². The van der Waals surface area contributed by atoms with E-state index in [1.54, 1.807) is 0 Å². The lowest BCUT2D eigenvalue weighted by Crippen LogP contribution is -2.50. The number of hydrogen-bond donors (Lipinski definition) is 1. The maximum atomic E-state index is 5.50. The van der Waals surface area contributed by atoms with Crippen LogP contribution in [-0.4, -0.2) is 54.9 Å². The monoisotopic (exact) mass is 216 g/mol. The third kappa shape index (κ3) is 2.63. The second kappa shape index (κ2) is 5.35. The topological polar surface area (TPSA) is 24.5 Å². The van der Waals surface area contributed by atoms with E-state index < -0.39 is 0 Å². The summed E-state index contributed by atoms with van der Waals surface area (Å²) in [5, 5.41) is 3.53. The van der Waals surface area contributed by atoms with Gasteiger partial charge < -0.3 is 10.1 Å². The van der Waals surface area contributed by atoms with Crippen molar-refractivity contribution < 1.29 is 4.74 Å². The standard InChI is InChI=1S/C10H20N2OS/c1-2-10-6-13-4-3-12(10)5-9-7-14-8-11-9/h9-11H,2-8H2,1H3. The molecule has 0 amide bonds. The van der Waals surface area contributed by atoms with Crippen molar-refractivity contribution in [3.63, 3.8) is 0 Å². The van der Waals surface area contributed by atoms with E-state index in [2.05, 4.69) is 17.1 Å². The summed E-state index contributed by atoms with van der Waals surface area (Å²) in [6.07, 6.45) is 1.21. The van der Waals surface area contributed by atoms with E-state index in [0.29, 0.717) is 12.1 Å². The molecule has 82 valence electrons. The molecule has 2 atom stereocenters. The number of nitrogens with one attached hydrogen (secondary N) is 1. The lowest BCUT2D eigenvalue weighted by atomic mass is 10.1. The second-order valence-electron chi connectivity index (χ2n) is 4.05. The van der Waals surface area contributed by atoms with Crippen LogP contribution in [0.2, 0.25) is 0 Å². The third-order valence-corrected chi connectivity index (χ3v) is 4.08. The normalized spacial score (nSPS) is 34.9. The van der Waals surface area contributed by atoms with Gasteiger partial charge in [0.05, 0.1) is 13.2 Å². The second-order valence-corrected chi connectivity index (χ2v) is 5.08. The molecule has 1 N–H and O–H groups in total. The third-order valence-electron chi connectivity index (χ3n) is 3.07. The molecule has 2 rings (SSSR count). The van der Waals surface area contributed by atoms with Gasteiger partial charge in [0.15, 0.2) is 0 Å². The quantitative estimate of drug-likeness (QED) is 0.753. The molecule has 14 heavy (non-hydrogen) atoms. The number of nitrogens with zero attached hydrogens (tertiary/aromatic N) is 1. The first kappa shape index (κ1) is 10.7. The van der Waals surface area contributed by atoms with Crippen molar-refractivity contribution in [2.45, 2.75) is 25.4 Å². The predicted molar refractivity (Wildman–Crippen MR) is 60.7 cm³/mol. The molecule has 2 heterocycles. The van der Waals surface area contributed by atoms with Crippen molar-refractivity contribution in [3.05, 3.63) is 0 Å². The van der Waals surface area contributed by atoms with E-state index in [1.165, 1.54) is 18.7 Å². The minimum atomic E-state index is 0.649. The zero-order chi connectivity index (χ0) is 9.80. The highest BCUT2D eigenvalue weighted by Crippen LogP contribution is 2.15. The Bertz CT molecular complexity index is 174. The molecule has 2 aliphatic heterocycles. The van der Waals surface area contributed by atoms with Crippen LogP contribution in [0.3, 0.4) is 0 Å². The molecule has 0 aromatic carbocycles. The molecule has 3 nitrogen and oxygen atoms in total. The first-order valence-electron chi connectivity index (χ1n) is 5.53. The lowest BCUT2D eigenvalue weighted by Gasteiger charge is -2.36. The molecule has 2 saturated heterocycles. The summed E-state index contributed by atoms with van der Waals surface area (Å²) in [6, 6.07) is 1.35. The van der Waals surface area contributed by atoms with Crippen LogP contribution < -0.4 is 5.32 Å². The maximum absolute atomic E-state index is 5.50. The summed E-state index contributed by atoms with van der Waals surface area (Å²) >= 11 is 2.01. The zero-order valence-electron chi connectivity index (χ0n) is 8.87. The van der Waals surface area contributed by atoms with Crippen LogP contribution in [0.4, 0.5) is 0 Å². The van der Waals surface area contributed by atoms with Crippen molar-refractivity contribution in [1.82, 2.24) is 10.2 Å². The minimum absolute atomic E-state index is 0.649. The Hall–Kier alpha value is 0.230. The molecule has 2 unspecified atom stereocenters. The summed E-state index contributed by atoms with van der Waals surface area (Å²) in [5.74, 6) is 2.40. The molecule has 0 bridgehead atoms. The Kier molecular flexibility index (Phi) is 4.10. The van der Waals surface area contributed by atoms with Gasteiger partial charge in [0.1, 0.15) is 0 Å².